The Kier molecular flexibility index (Phi) is 9.13. The fraction of sp³-hybridized carbons (Fsp3) is 0.115. The second kappa shape index (κ2) is 12.5. The molecule has 3 aromatic carbocycles. The van der Waals surface area contributed by atoms with Gasteiger partial charge in [-0.15, -0.1) is 11.3 Å². The van der Waals surface area contributed by atoms with Gasteiger partial charge in [0.1, 0.15) is 21.5 Å². The summed E-state index contributed by atoms with van der Waals surface area (Å²) in [7, 11) is -2.35. The van der Waals surface area contributed by atoms with Gasteiger partial charge in [-0.2, -0.15) is 0 Å². The highest BCUT2D eigenvalue weighted by molar-refractivity contribution is 7.91. The van der Waals surface area contributed by atoms with Crippen molar-refractivity contribution >= 4 is 56.3 Å². The summed E-state index contributed by atoms with van der Waals surface area (Å²) in [4.78, 5) is 12.2. The van der Waals surface area contributed by atoms with Gasteiger partial charge in [-0.1, -0.05) is 47.5 Å². The number of methoxy groups -OCH3 is 1. The maximum Gasteiger partial charge on any atom is 0.319 e. The van der Waals surface area contributed by atoms with Gasteiger partial charge in [0.25, 0.3) is 10.0 Å². The molecule has 0 saturated heterocycles. The predicted octanol–water partition coefficient (Wildman–Crippen LogP) is 6.62. The molecule has 0 fully saturated rings. The van der Waals surface area contributed by atoms with Crippen LogP contribution >= 0.6 is 34.5 Å². The number of para-hydroxylation sites is 1. The summed E-state index contributed by atoms with van der Waals surface area (Å²) in [6.45, 7) is 0.0637. The van der Waals surface area contributed by atoms with Crippen LogP contribution in [0.15, 0.2) is 82.4 Å². The average molecular weight is 593 g/mol. The zero-order valence-electron chi connectivity index (χ0n) is 20.0. The Bertz CT molecular complexity index is 1540. The lowest BCUT2D eigenvalue weighted by Gasteiger charge is -2.14. The Morgan fingerprint density at radius 1 is 0.921 bits per heavy atom. The Balaban J connectivity index is 1.41. The molecular weight excluding hydrogens is 569 g/mol. The number of rotatable bonds is 10. The summed E-state index contributed by atoms with van der Waals surface area (Å²) in [5.41, 5.74) is 1.61. The molecule has 0 radical (unpaired) electrons. The van der Waals surface area contributed by atoms with Crippen molar-refractivity contribution in [2.75, 3.05) is 25.5 Å². The average Bonchev–Trinajstić information content (AvgIpc) is 3.40. The number of anilines is 1. The molecule has 0 bridgehead atoms. The molecule has 0 aliphatic rings. The van der Waals surface area contributed by atoms with Crippen molar-refractivity contribution in [3.8, 4) is 28.4 Å². The highest BCUT2D eigenvalue weighted by Gasteiger charge is 2.23. The van der Waals surface area contributed by atoms with E-state index in [-0.39, 0.29) is 17.3 Å². The van der Waals surface area contributed by atoms with Gasteiger partial charge >= 0.3 is 6.03 Å². The largest absolute Gasteiger partial charge is 0.497 e. The standard InChI is InChI=1S/C26H23Cl2N3O5S2/c1-35-19-6-4-5-18(16-19)31-26(32)29-12-13-30-38(33,34)25-21(11-14-37-25)20-7-2-3-8-23(20)36-24-10-9-17(27)15-22(24)28/h2-11,14-16,30H,12-13H2,1H3,(H2,29,31,32). The number of halogens is 2. The van der Waals surface area contributed by atoms with Gasteiger partial charge in [0.15, 0.2) is 0 Å². The lowest BCUT2D eigenvalue weighted by atomic mass is 10.1. The second-order valence-electron chi connectivity index (χ2n) is 7.81. The SMILES string of the molecule is COc1cccc(NC(=O)NCCNS(=O)(=O)c2sccc2-c2ccccc2Oc2ccc(Cl)cc2Cl)c1. The number of thiophene rings is 1. The fourth-order valence-electron chi connectivity index (χ4n) is 3.46. The van der Waals surface area contributed by atoms with Crippen LogP contribution in [0, 0.1) is 0 Å². The van der Waals surface area contributed by atoms with Crippen molar-refractivity contribution in [2.24, 2.45) is 0 Å². The number of carbonyl (C=O) groups excluding carboxylic acids is 1. The normalized spacial score (nSPS) is 11.1. The van der Waals surface area contributed by atoms with Crippen LogP contribution in [-0.2, 0) is 10.0 Å². The molecule has 3 N–H and O–H groups in total. The van der Waals surface area contributed by atoms with Gasteiger partial charge in [-0.05, 0) is 47.8 Å². The van der Waals surface area contributed by atoms with E-state index in [1.54, 1.807) is 78.2 Å². The number of benzene rings is 3. The van der Waals surface area contributed by atoms with E-state index in [9.17, 15) is 13.2 Å². The Morgan fingerprint density at radius 3 is 2.53 bits per heavy atom. The molecule has 198 valence electrons. The van der Waals surface area contributed by atoms with E-state index in [0.717, 1.165) is 11.3 Å². The van der Waals surface area contributed by atoms with Gasteiger partial charge in [-0.25, -0.2) is 17.9 Å². The quantitative estimate of drug-likeness (QED) is 0.180. The fourth-order valence-corrected chi connectivity index (χ4v) is 6.36. The predicted molar refractivity (Wildman–Crippen MR) is 151 cm³/mol. The Labute approximate surface area is 234 Å². The van der Waals surface area contributed by atoms with E-state index in [0.29, 0.717) is 44.1 Å². The smallest absolute Gasteiger partial charge is 0.319 e. The van der Waals surface area contributed by atoms with E-state index < -0.39 is 16.1 Å². The second-order valence-corrected chi connectivity index (χ2v) is 11.5. The van der Waals surface area contributed by atoms with Crippen molar-refractivity contribution in [1.29, 1.82) is 0 Å². The minimum absolute atomic E-state index is 0.0102. The van der Waals surface area contributed by atoms with Crippen molar-refractivity contribution < 1.29 is 22.7 Å². The van der Waals surface area contributed by atoms with Crippen molar-refractivity contribution in [2.45, 2.75) is 4.21 Å². The number of urea groups is 1. The zero-order valence-corrected chi connectivity index (χ0v) is 23.2. The molecule has 4 aromatic rings. The van der Waals surface area contributed by atoms with Crippen LogP contribution in [0.3, 0.4) is 0 Å². The molecule has 12 heteroatoms. The number of carbonyl (C=O) groups is 1. The van der Waals surface area contributed by atoms with E-state index in [4.69, 9.17) is 32.7 Å². The number of hydrogen-bond acceptors (Lipinski definition) is 6. The van der Waals surface area contributed by atoms with Gasteiger partial charge in [-0.3, -0.25) is 0 Å². The molecule has 0 spiro atoms. The summed E-state index contributed by atoms with van der Waals surface area (Å²) < 4.78 is 40.1. The van der Waals surface area contributed by atoms with Gasteiger partial charge < -0.3 is 20.1 Å². The number of nitrogens with one attached hydrogen (secondary N) is 3. The number of amides is 2. The van der Waals surface area contributed by atoms with Crippen LogP contribution < -0.4 is 24.8 Å². The first kappa shape index (κ1) is 27.7. The molecule has 0 saturated carbocycles. The van der Waals surface area contributed by atoms with E-state index >= 15 is 0 Å². The molecule has 0 aliphatic heterocycles. The minimum atomic E-state index is -3.88. The van der Waals surface area contributed by atoms with Crippen molar-refractivity contribution in [1.82, 2.24) is 10.0 Å². The van der Waals surface area contributed by atoms with Gasteiger partial charge in [0.2, 0.25) is 0 Å². The third kappa shape index (κ3) is 6.97. The highest BCUT2D eigenvalue weighted by Crippen LogP contribution is 2.40. The first-order chi connectivity index (χ1) is 18.3. The van der Waals surface area contributed by atoms with E-state index in [1.807, 2.05) is 0 Å². The molecular formula is C26H23Cl2N3O5S2. The third-order valence-electron chi connectivity index (χ3n) is 5.20. The maximum absolute atomic E-state index is 13.1. The summed E-state index contributed by atoms with van der Waals surface area (Å²) in [5.74, 6) is 1.42. The summed E-state index contributed by atoms with van der Waals surface area (Å²) in [6.07, 6.45) is 0. The third-order valence-corrected chi connectivity index (χ3v) is 8.67. The number of hydrogen-bond donors (Lipinski definition) is 3. The first-order valence-electron chi connectivity index (χ1n) is 11.2. The summed E-state index contributed by atoms with van der Waals surface area (Å²) >= 11 is 13.3. The van der Waals surface area contributed by atoms with Crippen LogP contribution in [0.5, 0.6) is 17.2 Å². The van der Waals surface area contributed by atoms with Crippen LogP contribution in [0.4, 0.5) is 10.5 Å². The van der Waals surface area contributed by atoms with Gasteiger partial charge in [0, 0.05) is 41.0 Å². The molecule has 1 heterocycles. The molecule has 1 aromatic heterocycles. The van der Waals surface area contributed by atoms with E-state index in [1.165, 1.54) is 7.11 Å². The minimum Gasteiger partial charge on any atom is -0.497 e. The number of ether oxygens (including phenoxy) is 2. The Morgan fingerprint density at radius 2 is 1.74 bits per heavy atom. The highest BCUT2D eigenvalue weighted by atomic mass is 35.5. The van der Waals surface area contributed by atoms with E-state index in [2.05, 4.69) is 15.4 Å². The lowest BCUT2D eigenvalue weighted by molar-refractivity contribution is 0.252. The zero-order chi connectivity index (χ0) is 27.1. The summed E-state index contributed by atoms with van der Waals surface area (Å²) in [5, 5.41) is 7.78. The van der Waals surface area contributed by atoms with Crippen molar-refractivity contribution in [3.05, 3.63) is 88.2 Å². The van der Waals surface area contributed by atoms with Crippen LogP contribution in [0.2, 0.25) is 10.0 Å². The number of sulfonamides is 1. The molecule has 4 rings (SSSR count). The molecule has 0 atom stereocenters. The topological polar surface area (TPSA) is 106 Å². The van der Waals surface area contributed by atoms with Crippen LogP contribution in [-0.4, -0.2) is 34.6 Å². The summed E-state index contributed by atoms with van der Waals surface area (Å²) in [6, 6.07) is 20.1. The maximum atomic E-state index is 13.1. The Hall–Kier alpha value is -3.28. The van der Waals surface area contributed by atoms with Crippen LogP contribution in [0.1, 0.15) is 0 Å². The molecule has 0 unspecified atom stereocenters. The van der Waals surface area contributed by atoms with Crippen molar-refractivity contribution in [3.63, 3.8) is 0 Å². The molecule has 8 nitrogen and oxygen atoms in total. The van der Waals surface area contributed by atoms with Gasteiger partial charge in [0.05, 0.1) is 12.1 Å². The molecule has 38 heavy (non-hydrogen) atoms. The lowest BCUT2D eigenvalue weighted by Crippen LogP contribution is -2.36. The van der Waals surface area contributed by atoms with Crippen LogP contribution in [0.25, 0.3) is 11.1 Å². The monoisotopic (exact) mass is 591 g/mol. The first-order valence-corrected chi connectivity index (χ1v) is 14.4. The molecule has 0 aliphatic carbocycles. The molecule has 2 amide bonds.